The van der Waals surface area contributed by atoms with Crippen molar-refractivity contribution in [2.45, 2.75) is 46.1 Å². The second-order valence-corrected chi connectivity index (χ2v) is 5.05. The van der Waals surface area contributed by atoms with Gasteiger partial charge in [-0.05, 0) is 44.2 Å². The lowest BCUT2D eigenvalue weighted by Gasteiger charge is -2.27. The van der Waals surface area contributed by atoms with Gasteiger partial charge in [-0.2, -0.15) is 0 Å². The van der Waals surface area contributed by atoms with Crippen LogP contribution in [0, 0.1) is 5.92 Å². The summed E-state index contributed by atoms with van der Waals surface area (Å²) < 4.78 is 5.58. The highest BCUT2D eigenvalue weighted by Crippen LogP contribution is 2.26. The van der Waals surface area contributed by atoms with E-state index in [1.54, 1.807) is 0 Å². The number of para-hydroxylation sites is 1. The van der Waals surface area contributed by atoms with E-state index in [9.17, 15) is 5.11 Å². The van der Waals surface area contributed by atoms with Crippen molar-refractivity contribution in [3.05, 3.63) is 29.8 Å². The van der Waals surface area contributed by atoms with Crippen LogP contribution in [0.25, 0.3) is 0 Å². The summed E-state index contributed by atoms with van der Waals surface area (Å²) in [7, 11) is 0. The molecule has 0 aromatic heterocycles. The monoisotopic (exact) mass is 236 g/mol. The number of aliphatic hydroxyl groups is 1. The predicted molar refractivity (Wildman–Crippen MR) is 71.4 cm³/mol. The van der Waals surface area contributed by atoms with Crippen molar-refractivity contribution in [3.63, 3.8) is 0 Å². The van der Waals surface area contributed by atoms with Crippen LogP contribution in [0.15, 0.2) is 24.3 Å². The smallest absolute Gasteiger partial charge is 0.122 e. The van der Waals surface area contributed by atoms with E-state index in [2.05, 4.69) is 19.9 Å². The highest BCUT2D eigenvalue weighted by atomic mass is 16.5. The molecule has 0 aliphatic rings. The number of rotatable bonds is 6. The molecule has 2 heteroatoms. The van der Waals surface area contributed by atoms with Crippen LogP contribution in [0.1, 0.15) is 39.7 Å². The third-order valence-electron chi connectivity index (χ3n) is 3.42. The summed E-state index contributed by atoms with van der Waals surface area (Å²) in [5.41, 5.74) is 0.564. The summed E-state index contributed by atoms with van der Waals surface area (Å²) in [6.07, 6.45) is 1.61. The molecule has 1 aromatic rings. The topological polar surface area (TPSA) is 29.5 Å². The molecule has 0 aliphatic carbocycles. The number of hydrogen-bond donors (Lipinski definition) is 1. The summed E-state index contributed by atoms with van der Waals surface area (Å²) in [5.74, 6) is 1.20. The second-order valence-electron chi connectivity index (χ2n) is 5.05. The van der Waals surface area contributed by atoms with Crippen molar-refractivity contribution < 1.29 is 9.84 Å². The number of benzene rings is 1. The molecule has 0 saturated carbocycles. The molecule has 0 fully saturated rings. The molecule has 0 bridgehead atoms. The second kappa shape index (κ2) is 6.06. The van der Waals surface area contributed by atoms with Crippen LogP contribution in [0.5, 0.6) is 5.75 Å². The third kappa shape index (κ3) is 4.04. The molecule has 0 heterocycles. The largest absolute Gasteiger partial charge is 0.494 e. The van der Waals surface area contributed by atoms with Crippen LogP contribution < -0.4 is 4.74 Å². The van der Waals surface area contributed by atoms with E-state index in [1.165, 1.54) is 5.56 Å². The molecule has 17 heavy (non-hydrogen) atoms. The Morgan fingerprint density at radius 1 is 1.29 bits per heavy atom. The Labute approximate surface area is 105 Å². The quantitative estimate of drug-likeness (QED) is 0.820. The van der Waals surface area contributed by atoms with Crippen molar-refractivity contribution in [2.24, 2.45) is 5.92 Å². The SMILES string of the molecule is CCOc1ccccc1CCC(C)(O)C(C)C. The molecule has 2 nitrogen and oxygen atoms in total. The van der Waals surface area contributed by atoms with E-state index >= 15 is 0 Å². The zero-order valence-electron chi connectivity index (χ0n) is 11.4. The Morgan fingerprint density at radius 3 is 2.53 bits per heavy atom. The first-order chi connectivity index (χ1) is 7.97. The average molecular weight is 236 g/mol. The van der Waals surface area contributed by atoms with Crippen molar-refractivity contribution in [1.82, 2.24) is 0 Å². The molecular weight excluding hydrogens is 212 g/mol. The van der Waals surface area contributed by atoms with E-state index < -0.39 is 5.60 Å². The molecular formula is C15H24O2. The van der Waals surface area contributed by atoms with Gasteiger partial charge >= 0.3 is 0 Å². The van der Waals surface area contributed by atoms with E-state index in [0.29, 0.717) is 6.61 Å². The Balaban J connectivity index is 2.69. The Bertz CT molecular complexity index is 343. The third-order valence-corrected chi connectivity index (χ3v) is 3.42. The number of aryl methyl sites for hydroxylation is 1. The van der Waals surface area contributed by atoms with E-state index in [0.717, 1.165) is 18.6 Å². The van der Waals surface area contributed by atoms with Gasteiger partial charge in [0, 0.05) is 0 Å². The Hall–Kier alpha value is -1.02. The minimum atomic E-state index is -0.612. The maximum absolute atomic E-state index is 10.2. The summed E-state index contributed by atoms with van der Waals surface area (Å²) >= 11 is 0. The lowest BCUT2D eigenvalue weighted by molar-refractivity contribution is 0.00557. The minimum Gasteiger partial charge on any atom is -0.494 e. The molecule has 0 amide bonds. The molecule has 0 aliphatic heterocycles. The van der Waals surface area contributed by atoms with Gasteiger partial charge in [-0.3, -0.25) is 0 Å². The Morgan fingerprint density at radius 2 is 1.94 bits per heavy atom. The van der Waals surface area contributed by atoms with E-state index in [-0.39, 0.29) is 5.92 Å². The van der Waals surface area contributed by atoms with Gasteiger partial charge in [0.15, 0.2) is 0 Å². The number of hydrogen-bond acceptors (Lipinski definition) is 2. The van der Waals surface area contributed by atoms with Crippen LogP contribution in [-0.2, 0) is 6.42 Å². The van der Waals surface area contributed by atoms with Crippen LogP contribution in [-0.4, -0.2) is 17.3 Å². The van der Waals surface area contributed by atoms with Crippen LogP contribution >= 0.6 is 0 Å². The lowest BCUT2D eigenvalue weighted by Crippen LogP contribution is -2.31. The highest BCUT2D eigenvalue weighted by Gasteiger charge is 2.24. The fourth-order valence-corrected chi connectivity index (χ4v) is 1.68. The first-order valence-corrected chi connectivity index (χ1v) is 6.40. The molecule has 1 rings (SSSR count). The zero-order valence-corrected chi connectivity index (χ0v) is 11.4. The first kappa shape index (κ1) is 14.0. The molecule has 1 N–H and O–H groups in total. The summed E-state index contributed by atoms with van der Waals surface area (Å²) in [4.78, 5) is 0. The fourth-order valence-electron chi connectivity index (χ4n) is 1.68. The van der Waals surface area contributed by atoms with Gasteiger partial charge in [-0.15, -0.1) is 0 Å². The van der Waals surface area contributed by atoms with Crippen LogP contribution in [0.4, 0.5) is 0 Å². The van der Waals surface area contributed by atoms with Gasteiger partial charge in [-0.1, -0.05) is 32.0 Å². The summed E-state index contributed by atoms with van der Waals surface area (Å²) in [6.45, 7) is 8.67. The molecule has 1 aromatic carbocycles. The maximum Gasteiger partial charge on any atom is 0.122 e. The van der Waals surface area contributed by atoms with Crippen LogP contribution in [0.2, 0.25) is 0 Å². The molecule has 1 unspecified atom stereocenters. The molecule has 96 valence electrons. The van der Waals surface area contributed by atoms with Crippen molar-refractivity contribution in [2.75, 3.05) is 6.61 Å². The molecule has 1 atom stereocenters. The summed E-state index contributed by atoms with van der Waals surface area (Å²) in [5, 5.41) is 10.2. The normalized spacial score (nSPS) is 14.7. The first-order valence-electron chi connectivity index (χ1n) is 6.40. The van der Waals surface area contributed by atoms with Gasteiger partial charge in [0.05, 0.1) is 12.2 Å². The fraction of sp³-hybridized carbons (Fsp3) is 0.600. The Kier molecular flexibility index (Phi) is 5.01. The van der Waals surface area contributed by atoms with Gasteiger partial charge in [0.1, 0.15) is 5.75 Å². The van der Waals surface area contributed by atoms with Crippen molar-refractivity contribution in [3.8, 4) is 5.75 Å². The number of ether oxygens (including phenoxy) is 1. The predicted octanol–water partition coefficient (Wildman–Crippen LogP) is 3.42. The zero-order chi connectivity index (χ0) is 12.9. The van der Waals surface area contributed by atoms with E-state index in [4.69, 9.17) is 4.74 Å². The maximum atomic E-state index is 10.2. The summed E-state index contributed by atoms with van der Waals surface area (Å²) in [6, 6.07) is 8.06. The molecule has 0 saturated heterocycles. The molecule has 0 radical (unpaired) electrons. The molecule has 0 spiro atoms. The van der Waals surface area contributed by atoms with E-state index in [1.807, 2.05) is 32.0 Å². The average Bonchev–Trinajstić information content (AvgIpc) is 2.28. The lowest BCUT2D eigenvalue weighted by atomic mass is 9.86. The standard InChI is InChI=1S/C15H24O2/c1-5-17-14-9-7-6-8-13(14)10-11-15(4,16)12(2)3/h6-9,12,16H,5,10-11H2,1-4H3. The van der Waals surface area contributed by atoms with Gasteiger partial charge in [0.25, 0.3) is 0 Å². The van der Waals surface area contributed by atoms with Crippen molar-refractivity contribution in [1.29, 1.82) is 0 Å². The highest BCUT2D eigenvalue weighted by molar-refractivity contribution is 5.33. The minimum absolute atomic E-state index is 0.266. The van der Waals surface area contributed by atoms with Gasteiger partial charge in [-0.25, -0.2) is 0 Å². The van der Waals surface area contributed by atoms with Gasteiger partial charge in [0.2, 0.25) is 0 Å². The van der Waals surface area contributed by atoms with Gasteiger partial charge < -0.3 is 9.84 Å². The van der Waals surface area contributed by atoms with Crippen LogP contribution in [0.3, 0.4) is 0 Å². The van der Waals surface area contributed by atoms with Crippen molar-refractivity contribution >= 4 is 0 Å².